The number of unbranched alkanes of at least 4 members (excludes halogenated alkanes) is 3. The SMILES string of the molecule is CCCCCCC(C)NS(=O)(=O)C(CC)C(N)=S. The number of nitrogens with two attached hydrogens (primary N) is 1. The molecule has 0 aromatic carbocycles. The van der Waals surface area contributed by atoms with E-state index in [1.165, 1.54) is 12.8 Å². The molecule has 0 radical (unpaired) electrons. The van der Waals surface area contributed by atoms with Gasteiger partial charge in [0, 0.05) is 6.04 Å². The monoisotopic (exact) mass is 294 g/mol. The molecule has 0 spiro atoms. The molecule has 0 aromatic rings. The Kier molecular flexibility index (Phi) is 8.73. The van der Waals surface area contributed by atoms with Crippen molar-refractivity contribution in [3.63, 3.8) is 0 Å². The van der Waals surface area contributed by atoms with Gasteiger partial charge in [0.15, 0.2) is 0 Å². The van der Waals surface area contributed by atoms with Crippen LogP contribution in [-0.4, -0.2) is 24.7 Å². The fourth-order valence-electron chi connectivity index (χ4n) is 1.87. The first kappa shape index (κ1) is 17.8. The van der Waals surface area contributed by atoms with Crippen molar-refractivity contribution >= 4 is 27.2 Å². The first-order valence-corrected chi connectivity index (χ1v) is 8.61. The average Bonchev–Trinajstić information content (AvgIpc) is 2.23. The zero-order chi connectivity index (χ0) is 14.2. The summed E-state index contributed by atoms with van der Waals surface area (Å²) < 4.78 is 26.7. The molecule has 2 atom stereocenters. The summed E-state index contributed by atoms with van der Waals surface area (Å²) >= 11 is 4.80. The first-order chi connectivity index (χ1) is 8.35. The molecule has 0 bridgehead atoms. The van der Waals surface area contributed by atoms with Gasteiger partial charge in [-0.2, -0.15) is 0 Å². The van der Waals surface area contributed by atoms with Gasteiger partial charge in [0.1, 0.15) is 5.25 Å². The van der Waals surface area contributed by atoms with Crippen molar-refractivity contribution in [3.05, 3.63) is 0 Å². The van der Waals surface area contributed by atoms with Crippen molar-refractivity contribution in [1.29, 1.82) is 0 Å². The van der Waals surface area contributed by atoms with E-state index in [0.717, 1.165) is 19.3 Å². The molecule has 6 heteroatoms. The minimum Gasteiger partial charge on any atom is -0.392 e. The molecule has 3 N–H and O–H groups in total. The van der Waals surface area contributed by atoms with Crippen molar-refractivity contribution < 1.29 is 8.42 Å². The second kappa shape index (κ2) is 8.82. The topological polar surface area (TPSA) is 72.2 Å². The van der Waals surface area contributed by atoms with Crippen LogP contribution in [0.5, 0.6) is 0 Å². The summed E-state index contributed by atoms with van der Waals surface area (Å²) in [5.74, 6) is 0. The Morgan fingerprint density at radius 2 is 1.89 bits per heavy atom. The molecule has 18 heavy (non-hydrogen) atoms. The highest BCUT2D eigenvalue weighted by molar-refractivity contribution is 7.93. The zero-order valence-electron chi connectivity index (χ0n) is 11.6. The number of thiocarbonyl (C=S) groups is 1. The molecule has 0 aliphatic carbocycles. The molecule has 0 aliphatic heterocycles. The van der Waals surface area contributed by atoms with Gasteiger partial charge in [-0.05, 0) is 19.8 Å². The van der Waals surface area contributed by atoms with Crippen LogP contribution in [0.4, 0.5) is 0 Å². The second-order valence-electron chi connectivity index (χ2n) is 4.71. The molecular weight excluding hydrogens is 268 g/mol. The zero-order valence-corrected chi connectivity index (χ0v) is 13.2. The van der Waals surface area contributed by atoms with Crippen LogP contribution in [0.1, 0.15) is 59.3 Å². The molecule has 0 fully saturated rings. The maximum atomic E-state index is 12.0. The van der Waals surface area contributed by atoms with Crippen molar-refractivity contribution in [2.75, 3.05) is 0 Å². The van der Waals surface area contributed by atoms with Crippen LogP contribution in [0, 0.1) is 0 Å². The van der Waals surface area contributed by atoms with Crippen LogP contribution in [0.15, 0.2) is 0 Å². The van der Waals surface area contributed by atoms with E-state index >= 15 is 0 Å². The first-order valence-electron chi connectivity index (χ1n) is 6.65. The Morgan fingerprint density at radius 3 is 2.33 bits per heavy atom. The van der Waals surface area contributed by atoms with Gasteiger partial charge in [-0.1, -0.05) is 51.7 Å². The van der Waals surface area contributed by atoms with Crippen molar-refractivity contribution in [1.82, 2.24) is 4.72 Å². The predicted octanol–water partition coefficient (Wildman–Crippen LogP) is 2.33. The molecule has 0 aliphatic rings. The van der Waals surface area contributed by atoms with Gasteiger partial charge in [0.05, 0.1) is 4.99 Å². The standard InChI is InChI=1S/C12H26N2O2S2/c1-4-6-7-8-9-10(3)14-18(15,16)11(5-2)12(13)17/h10-11,14H,4-9H2,1-3H3,(H2,13,17). The van der Waals surface area contributed by atoms with E-state index in [1.54, 1.807) is 6.92 Å². The Labute approximate surface area is 117 Å². The highest BCUT2D eigenvalue weighted by Gasteiger charge is 2.27. The Morgan fingerprint density at radius 1 is 1.28 bits per heavy atom. The lowest BCUT2D eigenvalue weighted by Crippen LogP contribution is -2.44. The van der Waals surface area contributed by atoms with Gasteiger partial charge in [0.25, 0.3) is 0 Å². The van der Waals surface area contributed by atoms with Crippen molar-refractivity contribution in [2.45, 2.75) is 70.6 Å². The molecular formula is C12H26N2O2S2. The lowest BCUT2D eigenvalue weighted by atomic mass is 10.1. The third-order valence-corrected chi connectivity index (χ3v) is 5.42. The Hall–Kier alpha value is -0.200. The molecule has 2 unspecified atom stereocenters. The van der Waals surface area contributed by atoms with Crippen LogP contribution in [-0.2, 0) is 10.0 Å². The largest absolute Gasteiger partial charge is 0.392 e. The van der Waals surface area contributed by atoms with Gasteiger partial charge in [-0.3, -0.25) is 0 Å². The number of rotatable bonds is 10. The quantitative estimate of drug-likeness (QED) is 0.479. The highest BCUT2D eigenvalue weighted by atomic mass is 32.2. The smallest absolute Gasteiger partial charge is 0.221 e. The second-order valence-corrected chi connectivity index (χ2v) is 7.08. The molecule has 0 rings (SSSR count). The maximum Gasteiger partial charge on any atom is 0.221 e. The predicted molar refractivity (Wildman–Crippen MR) is 81.1 cm³/mol. The summed E-state index contributed by atoms with van der Waals surface area (Å²) in [6.45, 7) is 5.81. The van der Waals surface area contributed by atoms with Crippen LogP contribution < -0.4 is 10.5 Å². The van der Waals surface area contributed by atoms with E-state index in [9.17, 15) is 8.42 Å². The van der Waals surface area contributed by atoms with Crippen molar-refractivity contribution in [2.24, 2.45) is 5.73 Å². The minimum atomic E-state index is -3.43. The number of nitrogens with one attached hydrogen (secondary N) is 1. The summed E-state index contributed by atoms with van der Waals surface area (Å²) in [5.41, 5.74) is 5.46. The van der Waals surface area contributed by atoms with Crippen molar-refractivity contribution in [3.8, 4) is 0 Å². The number of hydrogen-bond donors (Lipinski definition) is 2. The molecule has 0 aromatic heterocycles. The highest BCUT2D eigenvalue weighted by Crippen LogP contribution is 2.10. The van der Waals surface area contributed by atoms with Gasteiger partial charge < -0.3 is 5.73 Å². The molecule has 0 heterocycles. The molecule has 0 saturated heterocycles. The van der Waals surface area contributed by atoms with E-state index in [4.69, 9.17) is 18.0 Å². The summed E-state index contributed by atoms with van der Waals surface area (Å²) in [5, 5.41) is -0.759. The van der Waals surface area contributed by atoms with Gasteiger partial charge >= 0.3 is 0 Å². The summed E-state index contributed by atoms with van der Waals surface area (Å²) in [4.78, 5) is 0.0446. The fraction of sp³-hybridized carbons (Fsp3) is 0.917. The summed E-state index contributed by atoms with van der Waals surface area (Å²) in [6, 6.07) is -0.0599. The third-order valence-electron chi connectivity index (χ3n) is 2.92. The van der Waals surface area contributed by atoms with Crippen LogP contribution in [0.3, 0.4) is 0 Å². The normalized spacial score (nSPS) is 15.3. The minimum absolute atomic E-state index is 0.0446. The molecule has 4 nitrogen and oxygen atoms in total. The van der Waals surface area contributed by atoms with E-state index < -0.39 is 15.3 Å². The lowest BCUT2D eigenvalue weighted by Gasteiger charge is -2.19. The summed E-state index contributed by atoms with van der Waals surface area (Å²) in [7, 11) is -3.43. The lowest BCUT2D eigenvalue weighted by molar-refractivity contribution is 0.518. The van der Waals surface area contributed by atoms with Gasteiger partial charge in [-0.25, -0.2) is 13.1 Å². The van der Waals surface area contributed by atoms with E-state index in [1.807, 2.05) is 6.92 Å². The van der Waals surface area contributed by atoms with E-state index in [0.29, 0.717) is 6.42 Å². The Balaban J connectivity index is 4.26. The van der Waals surface area contributed by atoms with Gasteiger partial charge in [0.2, 0.25) is 10.0 Å². The van der Waals surface area contributed by atoms with E-state index in [-0.39, 0.29) is 11.0 Å². The average molecular weight is 294 g/mol. The molecule has 108 valence electrons. The number of hydrogen-bond acceptors (Lipinski definition) is 3. The van der Waals surface area contributed by atoms with Gasteiger partial charge in [-0.15, -0.1) is 0 Å². The molecule has 0 amide bonds. The van der Waals surface area contributed by atoms with Crippen LogP contribution >= 0.6 is 12.2 Å². The molecule has 0 saturated carbocycles. The van der Waals surface area contributed by atoms with Crippen LogP contribution in [0.2, 0.25) is 0 Å². The Bertz CT molecular complexity index is 342. The van der Waals surface area contributed by atoms with Crippen LogP contribution in [0.25, 0.3) is 0 Å². The summed E-state index contributed by atoms with van der Waals surface area (Å²) in [6.07, 6.45) is 5.83. The maximum absolute atomic E-state index is 12.0. The number of sulfonamides is 1. The van der Waals surface area contributed by atoms with E-state index in [2.05, 4.69) is 11.6 Å². The third kappa shape index (κ3) is 6.66. The fourth-order valence-corrected chi connectivity index (χ4v) is 4.01.